The third kappa shape index (κ3) is 6.68. The van der Waals surface area contributed by atoms with E-state index in [9.17, 15) is 19.1 Å². The smallest absolute Gasteiger partial charge is 0.278 e. The number of ether oxygens (including phenoxy) is 1. The first-order chi connectivity index (χ1) is 14.6. The number of alkyl halides is 2. The molecule has 31 heavy (non-hydrogen) atoms. The number of aromatic nitrogens is 4. The van der Waals surface area contributed by atoms with Gasteiger partial charge in [-0.15, -0.1) is 0 Å². The summed E-state index contributed by atoms with van der Waals surface area (Å²) in [5.41, 5.74) is -0.0129. The highest BCUT2D eigenvalue weighted by Crippen LogP contribution is 2.30. The molecule has 0 aliphatic heterocycles. The predicted molar refractivity (Wildman–Crippen MR) is 109 cm³/mol. The van der Waals surface area contributed by atoms with Gasteiger partial charge in [-0.3, -0.25) is 0 Å². The lowest BCUT2D eigenvalue weighted by atomic mass is 9.83. The van der Waals surface area contributed by atoms with Crippen LogP contribution in [0.1, 0.15) is 50.7 Å². The van der Waals surface area contributed by atoms with E-state index in [1.165, 1.54) is 18.7 Å². The normalized spacial score (nSPS) is 21.2. The molecule has 0 saturated heterocycles. The molecule has 3 rings (SSSR count). The second-order valence-corrected chi connectivity index (χ2v) is 8.07. The van der Waals surface area contributed by atoms with Crippen LogP contribution < -0.4 is 15.4 Å². The van der Waals surface area contributed by atoms with Gasteiger partial charge in [-0.05, 0) is 32.6 Å². The van der Waals surface area contributed by atoms with E-state index in [0.29, 0.717) is 17.8 Å². The second kappa shape index (κ2) is 9.34. The van der Waals surface area contributed by atoms with E-state index in [-0.39, 0.29) is 30.0 Å². The van der Waals surface area contributed by atoms with Crippen LogP contribution in [0.4, 0.5) is 20.5 Å². The van der Waals surface area contributed by atoms with Gasteiger partial charge < -0.3 is 20.5 Å². The van der Waals surface area contributed by atoms with Crippen LogP contribution in [-0.2, 0) is 6.54 Å². The molecule has 2 aromatic rings. The number of halogens is 2. The van der Waals surface area contributed by atoms with E-state index < -0.39 is 18.1 Å². The monoisotopic (exact) mass is 433 g/mol. The van der Waals surface area contributed by atoms with Crippen molar-refractivity contribution >= 4 is 11.8 Å². The van der Waals surface area contributed by atoms with Crippen molar-refractivity contribution in [2.45, 2.75) is 63.6 Å². The molecule has 1 aliphatic carbocycles. The highest BCUT2D eigenvalue weighted by molar-refractivity contribution is 5.54. The average Bonchev–Trinajstić information content (AvgIpc) is 2.70. The molecule has 2 aromatic heterocycles. The van der Waals surface area contributed by atoms with Crippen LogP contribution in [0.25, 0.3) is 0 Å². The van der Waals surface area contributed by atoms with Crippen molar-refractivity contribution in [1.29, 1.82) is 5.26 Å². The Morgan fingerprint density at radius 2 is 2.19 bits per heavy atom. The van der Waals surface area contributed by atoms with Crippen LogP contribution in [0.5, 0.6) is 5.88 Å². The van der Waals surface area contributed by atoms with Gasteiger partial charge in [0, 0.05) is 25.7 Å². The van der Waals surface area contributed by atoms with E-state index in [1.807, 2.05) is 0 Å². The first-order valence-electron chi connectivity index (χ1n) is 9.95. The van der Waals surface area contributed by atoms with E-state index >= 15 is 0 Å². The lowest BCUT2D eigenvalue weighted by molar-refractivity contribution is -0.0245. The Kier molecular flexibility index (Phi) is 6.80. The zero-order valence-corrected chi connectivity index (χ0v) is 17.4. The topological polar surface area (TPSA) is 129 Å². The minimum atomic E-state index is -2.99. The molecule has 0 radical (unpaired) electrons. The van der Waals surface area contributed by atoms with Crippen LogP contribution in [0.3, 0.4) is 0 Å². The Labute approximate surface area is 178 Å². The Hall–Kier alpha value is -3.13. The minimum Gasteiger partial charge on any atom is -0.471 e. The lowest BCUT2D eigenvalue weighted by Crippen LogP contribution is -2.38. The van der Waals surface area contributed by atoms with Crippen molar-refractivity contribution in [1.82, 2.24) is 19.9 Å². The van der Waals surface area contributed by atoms with Crippen molar-refractivity contribution in [3.05, 3.63) is 29.8 Å². The number of rotatable bonds is 8. The standard InChI is InChI=1S/C20H25F2N7O2/c1-19(30)5-3-4-15(6-19)28-16-13(7-23)9-25-18(29-16)26-10-14-8-24-12-27-17(14)31-11-20(2,21)22/h8-9,12,15,30H,3-6,10-11H2,1-2H3,(H2,25,26,28,29)/t15-,19-/m0/s1. The lowest BCUT2D eigenvalue weighted by Gasteiger charge is -2.34. The average molecular weight is 433 g/mol. The number of hydrogen-bond acceptors (Lipinski definition) is 9. The van der Waals surface area contributed by atoms with Crippen LogP contribution in [-0.4, -0.2) is 49.2 Å². The first-order valence-corrected chi connectivity index (χ1v) is 9.95. The molecule has 0 spiro atoms. The molecule has 1 aliphatic rings. The van der Waals surface area contributed by atoms with Crippen molar-refractivity contribution < 1.29 is 18.6 Å². The van der Waals surface area contributed by atoms with Gasteiger partial charge in [0.05, 0.1) is 17.4 Å². The summed E-state index contributed by atoms with van der Waals surface area (Å²) in [4.78, 5) is 16.3. The number of nitrogens with one attached hydrogen (secondary N) is 2. The minimum absolute atomic E-state index is 0.0168. The number of aliphatic hydroxyl groups is 1. The van der Waals surface area contributed by atoms with E-state index in [0.717, 1.165) is 26.2 Å². The van der Waals surface area contributed by atoms with Gasteiger partial charge in [0.2, 0.25) is 11.8 Å². The molecule has 2 atom stereocenters. The quantitative estimate of drug-likeness (QED) is 0.575. The fourth-order valence-electron chi connectivity index (χ4n) is 3.41. The van der Waals surface area contributed by atoms with Gasteiger partial charge in [-0.2, -0.15) is 10.2 Å². The van der Waals surface area contributed by atoms with Gasteiger partial charge in [0.25, 0.3) is 5.92 Å². The molecule has 0 aromatic carbocycles. The Morgan fingerprint density at radius 3 is 2.90 bits per heavy atom. The molecular formula is C20H25F2N7O2. The summed E-state index contributed by atoms with van der Waals surface area (Å²) in [5.74, 6) is -2.34. The zero-order valence-electron chi connectivity index (χ0n) is 17.4. The van der Waals surface area contributed by atoms with Gasteiger partial charge >= 0.3 is 0 Å². The summed E-state index contributed by atoms with van der Waals surface area (Å²) in [6.45, 7) is 1.89. The number of anilines is 2. The maximum absolute atomic E-state index is 13.1. The highest BCUT2D eigenvalue weighted by Gasteiger charge is 2.30. The molecule has 0 amide bonds. The summed E-state index contributed by atoms with van der Waals surface area (Å²) >= 11 is 0. The largest absolute Gasteiger partial charge is 0.471 e. The number of nitriles is 1. The van der Waals surface area contributed by atoms with Crippen molar-refractivity contribution in [2.24, 2.45) is 0 Å². The molecular weight excluding hydrogens is 408 g/mol. The highest BCUT2D eigenvalue weighted by atomic mass is 19.3. The summed E-state index contributed by atoms with van der Waals surface area (Å²) in [6.07, 6.45) is 7.08. The van der Waals surface area contributed by atoms with Gasteiger partial charge in [0.15, 0.2) is 6.61 Å². The molecule has 0 unspecified atom stereocenters. The molecule has 1 fully saturated rings. The molecule has 3 N–H and O–H groups in total. The van der Waals surface area contributed by atoms with E-state index in [1.54, 1.807) is 6.92 Å². The van der Waals surface area contributed by atoms with Gasteiger partial charge in [-0.1, -0.05) is 0 Å². The number of nitrogens with zero attached hydrogens (tertiary/aromatic N) is 5. The number of hydrogen-bond donors (Lipinski definition) is 3. The fraction of sp³-hybridized carbons (Fsp3) is 0.550. The molecule has 2 heterocycles. The zero-order chi connectivity index (χ0) is 22.5. The predicted octanol–water partition coefficient (Wildman–Crippen LogP) is 2.89. The fourth-order valence-corrected chi connectivity index (χ4v) is 3.41. The van der Waals surface area contributed by atoms with Crippen LogP contribution in [0, 0.1) is 11.3 Å². The summed E-state index contributed by atoms with van der Waals surface area (Å²) < 4.78 is 31.3. The van der Waals surface area contributed by atoms with Crippen LogP contribution >= 0.6 is 0 Å². The summed E-state index contributed by atoms with van der Waals surface area (Å²) in [7, 11) is 0. The second-order valence-electron chi connectivity index (χ2n) is 8.07. The molecule has 1 saturated carbocycles. The van der Waals surface area contributed by atoms with Crippen molar-refractivity contribution in [2.75, 3.05) is 17.2 Å². The summed E-state index contributed by atoms with van der Waals surface area (Å²) in [6, 6.07) is 2.04. The van der Waals surface area contributed by atoms with E-state index in [2.05, 4.69) is 36.6 Å². The van der Waals surface area contributed by atoms with Crippen LogP contribution in [0.2, 0.25) is 0 Å². The van der Waals surface area contributed by atoms with Gasteiger partial charge in [-0.25, -0.2) is 23.7 Å². The molecule has 11 heteroatoms. The molecule has 166 valence electrons. The van der Waals surface area contributed by atoms with Crippen LogP contribution in [0.15, 0.2) is 18.7 Å². The third-order valence-electron chi connectivity index (χ3n) is 4.85. The maximum atomic E-state index is 13.1. The Morgan fingerprint density at radius 1 is 1.39 bits per heavy atom. The Bertz CT molecular complexity index is 944. The van der Waals surface area contributed by atoms with Gasteiger partial charge in [0.1, 0.15) is 23.8 Å². The Balaban J connectivity index is 1.69. The molecule has 9 nitrogen and oxygen atoms in total. The first kappa shape index (κ1) is 22.6. The SMILES string of the molecule is CC(F)(F)COc1ncncc1CNc1ncc(C#N)c(N[C@H]2CCC[C@](C)(O)C2)n1. The summed E-state index contributed by atoms with van der Waals surface area (Å²) in [5, 5.41) is 25.9. The maximum Gasteiger partial charge on any atom is 0.278 e. The third-order valence-corrected chi connectivity index (χ3v) is 4.85. The van der Waals surface area contributed by atoms with Crippen molar-refractivity contribution in [3.63, 3.8) is 0 Å². The molecule has 0 bridgehead atoms. The van der Waals surface area contributed by atoms with Crippen molar-refractivity contribution in [3.8, 4) is 11.9 Å². The van der Waals surface area contributed by atoms with E-state index in [4.69, 9.17) is 4.74 Å².